The molecule has 0 aliphatic rings. The fourth-order valence-corrected chi connectivity index (χ4v) is 1.39. The summed E-state index contributed by atoms with van der Waals surface area (Å²) in [6.45, 7) is 4.17. The average molecular weight is 168 g/mol. The second-order valence-electron chi connectivity index (χ2n) is 2.66. The van der Waals surface area contributed by atoms with Crippen LogP contribution < -0.4 is 0 Å². The Labute approximate surface area is 68.0 Å². The highest BCUT2D eigenvalue weighted by atomic mass is 32.1. The molecular formula is C6H8N4S. The highest BCUT2D eigenvalue weighted by Crippen LogP contribution is 2.15. The van der Waals surface area contributed by atoms with E-state index < -0.39 is 0 Å². The number of nitrogens with zero attached hydrogens (tertiary/aromatic N) is 4. The quantitative estimate of drug-likeness (QED) is 0.647. The van der Waals surface area contributed by atoms with Crippen LogP contribution in [0.15, 0.2) is 6.20 Å². The second kappa shape index (κ2) is 2.27. The Hall–Kier alpha value is -0.970. The third-order valence-corrected chi connectivity index (χ3v) is 2.13. The van der Waals surface area contributed by atoms with Gasteiger partial charge in [0.2, 0.25) is 5.65 Å². The van der Waals surface area contributed by atoms with Crippen molar-refractivity contribution in [1.82, 2.24) is 19.4 Å². The molecule has 0 aliphatic heterocycles. The molecule has 0 spiro atoms. The van der Waals surface area contributed by atoms with Crippen LogP contribution in [0.3, 0.4) is 0 Å². The molecule has 0 amide bonds. The van der Waals surface area contributed by atoms with E-state index in [2.05, 4.69) is 28.5 Å². The first-order chi connectivity index (χ1) is 5.27. The van der Waals surface area contributed by atoms with Crippen LogP contribution in [0, 0.1) is 0 Å². The molecule has 0 saturated carbocycles. The fourth-order valence-electron chi connectivity index (χ4n) is 0.867. The van der Waals surface area contributed by atoms with Crippen LogP contribution in [-0.2, 0) is 0 Å². The first kappa shape index (κ1) is 6.72. The summed E-state index contributed by atoms with van der Waals surface area (Å²) in [5.74, 6) is 0. The van der Waals surface area contributed by atoms with Gasteiger partial charge in [0.05, 0.1) is 0 Å². The predicted octanol–water partition coefficient (Wildman–Crippen LogP) is 1.47. The van der Waals surface area contributed by atoms with Crippen LogP contribution in [0.4, 0.5) is 0 Å². The maximum Gasteiger partial charge on any atom is 0.215 e. The zero-order valence-corrected chi connectivity index (χ0v) is 7.17. The van der Waals surface area contributed by atoms with E-state index in [4.69, 9.17) is 0 Å². The van der Waals surface area contributed by atoms with E-state index in [9.17, 15) is 0 Å². The summed E-state index contributed by atoms with van der Waals surface area (Å²) in [4.78, 5) is 0. The van der Waals surface area contributed by atoms with E-state index in [1.54, 1.807) is 0 Å². The topological polar surface area (TPSA) is 43.6 Å². The SMILES string of the molecule is CC(C)n1cc2snnc2n1. The van der Waals surface area contributed by atoms with Gasteiger partial charge in [0.15, 0.2) is 0 Å². The van der Waals surface area contributed by atoms with E-state index in [0.29, 0.717) is 6.04 Å². The molecule has 0 aromatic carbocycles. The standard InChI is InChI=1S/C6H8N4S/c1-4(2)10-3-5-6(8-10)7-9-11-5/h3-4H,1-2H3. The summed E-state index contributed by atoms with van der Waals surface area (Å²) >= 11 is 1.38. The summed E-state index contributed by atoms with van der Waals surface area (Å²) in [5.41, 5.74) is 0.753. The lowest BCUT2D eigenvalue weighted by Crippen LogP contribution is -2.00. The Balaban J connectivity index is 2.58. The smallest absolute Gasteiger partial charge is 0.215 e. The molecule has 0 bridgehead atoms. The van der Waals surface area contributed by atoms with Gasteiger partial charge in [0.1, 0.15) is 4.70 Å². The molecule has 5 heteroatoms. The van der Waals surface area contributed by atoms with E-state index in [1.807, 2.05) is 10.9 Å². The van der Waals surface area contributed by atoms with Crippen molar-refractivity contribution in [3.8, 4) is 0 Å². The van der Waals surface area contributed by atoms with Gasteiger partial charge in [-0.3, -0.25) is 4.68 Å². The van der Waals surface area contributed by atoms with Gasteiger partial charge in [0.25, 0.3) is 0 Å². The maximum absolute atomic E-state index is 4.23. The lowest BCUT2D eigenvalue weighted by Gasteiger charge is -2.01. The van der Waals surface area contributed by atoms with Crippen LogP contribution in [-0.4, -0.2) is 19.4 Å². The first-order valence-electron chi connectivity index (χ1n) is 3.44. The normalized spacial score (nSPS) is 11.5. The van der Waals surface area contributed by atoms with Gasteiger partial charge in [-0.25, -0.2) is 0 Å². The lowest BCUT2D eigenvalue weighted by atomic mass is 10.4. The third kappa shape index (κ3) is 1.01. The summed E-state index contributed by atoms with van der Waals surface area (Å²) < 4.78 is 6.73. The van der Waals surface area contributed by atoms with Gasteiger partial charge in [-0.05, 0) is 25.4 Å². The van der Waals surface area contributed by atoms with Crippen molar-refractivity contribution >= 4 is 21.9 Å². The highest BCUT2D eigenvalue weighted by Gasteiger charge is 2.05. The van der Waals surface area contributed by atoms with E-state index in [1.165, 1.54) is 11.5 Å². The third-order valence-electron chi connectivity index (χ3n) is 1.48. The Morgan fingerprint density at radius 1 is 1.55 bits per heavy atom. The molecule has 2 heterocycles. The van der Waals surface area contributed by atoms with Crippen LogP contribution >= 0.6 is 11.5 Å². The summed E-state index contributed by atoms with van der Waals surface area (Å²) in [5, 5.41) is 8.08. The number of hydrogen-bond donors (Lipinski definition) is 0. The Morgan fingerprint density at radius 3 is 3.00 bits per heavy atom. The van der Waals surface area contributed by atoms with Gasteiger partial charge >= 0.3 is 0 Å². The van der Waals surface area contributed by atoms with Crippen molar-refractivity contribution in [1.29, 1.82) is 0 Å². The van der Waals surface area contributed by atoms with Crippen molar-refractivity contribution < 1.29 is 0 Å². The molecule has 58 valence electrons. The van der Waals surface area contributed by atoms with Gasteiger partial charge in [-0.1, -0.05) is 4.49 Å². The lowest BCUT2D eigenvalue weighted by molar-refractivity contribution is 0.536. The van der Waals surface area contributed by atoms with E-state index >= 15 is 0 Å². The Morgan fingerprint density at radius 2 is 2.36 bits per heavy atom. The Bertz CT molecular complexity index is 333. The van der Waals surface area contributed by atoms with Crippen molar-refractivity contribution in [3.63, 3.8) is 0 Å². The van der Waals surface area contributed by atoms with Gasteiger partial charge in [-0.2, -0.15) is 0 Å². The Kier molecular flexibility index (Phi) is 1.38. The maximum atomic E-state index is 4.23. The number of rotatable bonds is 1. The summed E-state index contributed by atoms with van der Waals surface area (Å²) in [7, 11) is 0. The minimum Gasteiger partial charge on any atom is -0.266 e. The molecule has 4 nitrogen and oxygen atoms in total. The molecule has 0 unspecified atom stereocenters. The highest BCUT2D eigenvalue weighted by molar-refractivity contribution is 7.12. The molecule has 0 radical (unpaired) electrons. The second-order valence-corrected chi connectivity index (χ2v) is 3.45. The molecule has 0 N–H and O–H groups in total. The van der Waals surface area contributed by atoms with Crippen LogP contribution in [0.2, 0.25) is 0 Å². The minimum absolute atomic E-state index is 0.399. The number of aromatic nitrogens is 4. The van der Waals surface area contributed by atoms with Gasteiger partial charge in [0, 0.05) is 12.2 Å². The van der Waals surface area contributed by atoms with Gasteiger partial charge in [-0.15, -0.1) is 10.2 Å². The molecule has 0 fully saturated rings. The zero-order valence-electron chi connectivity index (χ0n) is 6.35. The largest absolute Gasteiger partial charge is 0.266 e. The molecule has 2 aromatic heterocycles. The molecule has 0 saturated heterocycles. The first-order valence-corrected chi connectivity index (χ1v) is 4.22. The molecule has 0 atom stereocenters. The van der Waals surface area contributed by atoms with Crippen molar-refractivity contribution in [2.45, 2.75) is 19.9 Å². The van der Waals surface area contributed by atoms with Crippen LogP contribution in [0.5, 0.6) is 0 Å². The van der Waals surface area contributed by atoms with Crippen molar-refractivity contribution in [3.05, 3.63) is 6.20 Å². The van der Waals surface area contributed by atoms with E-state index in [0.717, 1.165) is 10.3 Å². The van der Waals surface area contributed by atoms with Crippen molar-refractivity contribution in [2.24, 2.45) is 0 Å². The molecule has 2 rings (SSSR count). The molecular weight excluding hydrogens is 160 g/mol. The van der Waals surface area contributed by atoms with Crippen LogP contribution in [0.1, 0.15) is 19.9 Å². The van der Waals surface area contributed by atoms with E-state index in [-0.39, 0.29) is 0 Å². The summed E-state index contributed by atoms with van der Waals surface area (Å²) in [6, 6.07) is 0.399. The summed E-state index contributed by atoms with van der Waals surface area (Å²) in [6.07, 6.45) is 1.98. The number of hydrogen-bond acceptors (Lipinski definition) is 4. The van der Waals surface area contributed by atoms with Gasteiger partial charge < -0.3 is 0 Å². The molecule has 2 aromatic rings. The molecule has 0 aliphatic carbocycles. The predicted molar refractivity (Wildman–Crippen MR) is 43.6 cm³/mol. The van der Waals surface area contributed by atoms with Crippen LogP contribution in [0.25, 0.3) is 10.3 Å². The zero-order chi connectivity index (χ0) is 7.84. The molecule has 11 heavy (non-hydrogen) atoms. The average Bonchev–Trinajstić information content (AvgIpc) is 2.40. The number of fused-ring (bicyclic) bond motifs is 1. The van der Waals surface area contributed by atoms with Crippen molar-refractivity contribution in [2.75, 3.05) is 0 Å². The minimum atomic E-state index is 0.399. The fraction of sp³-hybridized carbons (Fsp3) is 0.500. The monoisotopic (exact) mass is 168 g/mol.